The van der Waals surface area contributed by atoms with Crippen molar-refractivity contribution in [3.05, 3.63) is 40.8 Å². The van der Waals surface area contributed by atoms with Crippen LogP contribution in [0, 0.1) is 6.92 Å². The van der Waals surface area contributed by atoms with E-state index in [1.807, 2.05) is 12.1 Å². The normalized spacial score (nSPS) is 10.1. The van der Waals surface area contributed by atoms with Gasteiger partial charge in [-0.3, -0.25) is 0 Å². The molecule has 1 aromatic carbocycles. The summed E-state index contributed by atoms with van der Waals surface area (Å²) in [7, 11) is 0. The average Bonchev–Trinajstić information content (AvgIpc) is 2.24. The Morgan fingerprint density at radius 1 is 1.31 bits per heavy atom. The van der Waals surface area contributed by atoms with Crippen LogP contribution in [-0.2, 0) is 0 Å². The fourth-order valence-electron chi connectivity index (χ4n) is 1.23. The molecule has 0 unspecified atom stereocenters. The van der Waals surface area contributed by atoms with E-state index in [2.05, 4.69) is 25.9 Å². The smallest absolute Gasteiger partial charge is 0.222 e. The van der Waals surface area contributed by atoms with Gasteiger partial charge >= 0.3 is 0 Å². The van der Waals surface area contributed by atoms with Gasteiger partial charge in [0.05, 0.1) is 10.2 Å². The van der Waals surface area contributed by atoms with Crippen molar-refractivity contribution < 1.29 is 4.74 Å². The van der Waals surface area contributed by atoms with E-state index in [4.69, 9.17) is 10.5 Å². The van der Waals surface area contributed by atoms with Gasteiger partial charge in [-0.15, -0.1) is 0 Å². The van der Waals surface area contributed by atoms with E-state index in [0.29, 0.717) is 23.1 Å². The monoisotopic (exact) mass is 279 g/mol. The van der Waals surface area contributed by atoms with Gasteiger partial charge in [0.1, 0.15) is 5.82 Å². The van der Waals surface area contributed by atoms with Crippen molar-refractivity contribution in [3.8, 4) is 11.6 Å². The molecule has 0 aliphatic carbocycles. The highest BCUT2D eigenvalue weighted by atomic mass is 79.9. The minimum absolute atomic E-state index is 0.478. The van der Waals surface area contributed by atoms with Gasteiger partial charge in [-0.25, -0.2) is 4.98 Å². The van der Waals surface area contributed by atoms with E-state index in [1.54, 1.807) is 25.3 Å². The number of nitrogen functional groups attached to an aromatic ring is 1. The van der Waals surface area contributed by atoms with E-state index in [9.17, 15) is 0 Å². The molecule has 1 heterocycles. The van der Waals surface area contributed by atoms with Crippen LogP contribution in [0.1, 0.15) is 5.82 Å². The quantitative estimate of drug-likeness (QED) is 0.859. The van der Waals surface area contributed by atoms with Crippen molar-refractivity contribution in [2.24, 2.45) is 0 Å². The SMILES string of the molecule is Cc1nccc(Oc2c(N)cccc2Br)n1. The van der Waals surface area contributed by atoms with Crippen LogP contribution in [0.3, 0.4) is 0 Å². The standard InChI is InChI=1S/C11H10BrN3O/c1-7-14-6-5-10(15-7)16-11-8(12)3-2-4-9(11)13/h2-6H,13H2,1H3. The van der Waals surface area contributed by atoms with Crippen molar-refractivity contribution >= 4 is 21.6 Å². The number of nitrogens with two attached hydrogens (primary N) is 1. The summed E-state index contributed by atoms with van der Waals surface area (Å²) in [5.74, 6) is 1.70. The van der Waals surface area contributed by atoms with Crippen LogP contribution in [0.2, 0.25) is 0 Å². The van der Waals surface area contributed by atoms with Crippen LogP contribution >= 0.6 is 15.9 Å². The fourth-order valence-corrected chi connectivity index (χ4v) is 1.69. The van der Waals surface area contributed by atoms with Gasteiger partial charge in [0.15, 0.2) is 5.75 Å². The lowest BCUT2D eigenvalue weighted by Gasteiger charge is -2.09. The number of nitrogens with zero attached hydrogens (tertiary/aromatic N) is 2. The average molecular weight is 280 g/mol. The maximum atomic E-state index is 5.81. The summed E-state index contributed by atoms with van der Waals surface area (Å²) in [5, 5.41) is 0. The molecule has 4 nitrogen and oxygen atoms in total. The third kappa shape index (κ3) is 2.30. The number of hydrogen-bond donors (Lipinski definition) is 1. The second kappa shape index (κ2) is 4.49. The number of para-hydroxylation sites is 1. The predicted molar refractivity (Wildman–Crippen MR) is 65.4 cm³/mol. The van der Waals surface area contributed by atoms with Crippen LogP contribution in [-0.4, -0.2) is 9.97 Å². The minimum atomic E-state index is 0.478. The van der Waals surface area contributed by atoms with Crippen molar-refractivity contribution in [1.29, 1.82) is 0 Å². The highest BCUT2D eigenvalue weighted by Crippen LogP contribution is 2.33. The summed E-state index contributed by atoms with van der Waals surface area (Å²) in [6, 6.07) is 7.16. The molecule has 0 atom stereocenters. The second-order valence-electron chi connectivity index (χ2n) is 3.20. The van der Waals surface area contributed by atoms with Gasteiger partial charge in [0, 0.05) is 12.3 Å². The Kier molecular flexibility index (Phi) is 3.05. The Morgan fingerprint density at radius 2 is 2.12 bits per heavy atom. The molecule has 2 N–H and O–H groups in total. The number of aromatic nitrogens is 2. The molecule has 1 aromatic heterocycles. The van der Waals surface area contributed by atoms with E-state index in [1.165, 1.54) is 0 Å². The molecule has 16 heavy (non-hydrogen) atoms. The zero-order chi connectivity index (χ0) is 11.5. The Balaban J connectivity index is 2.34. The summed E-state index contributed by atoms with van der Waals surface area (Å²) < 4.78 is 6.39. The Morgan fingerprint density at radius 3 is 2.81 bits per heavy atom. The summed E-state index contributed by atoms with van der Waals surface area (Å²) >= 11 is 3.37. The largest absolute Gasteiger partial charge is 0.436 e. The highest BCUT2D eigenvalue weighted by Gasteiger charge is 2.07. The zero-order valence-corrected chi connectivity index (χ0v) is 10.2. The van der Waals surface area contributed by atoms with Crippen molar-refractivity contribution in [1.82, 2.24) is 9.97 Å². The molecule has 0 amide bonds. The molecule has 0 spiro atoms. The maximum absolute atomic E-state index is 5.81. The molecular formula is C11H10BrN3O. The van der Waals surface area contributed by atoms with Gasteiger partial charge in [0.2, 0.25) is 5.88 Å². The van der Waals surface area contributed by atoms with E-state index in [0.717, 1.165) is 4.47 Å². The fraction of sp³-hybridized carbons (Fsp3) is 0.0909. The Bertz CT molecular complexity index is 496. The first-order valence-corrected chi connectivity index (χ1v) is 5.47. The number of rotatable bonds is 2. The van der Waals surface area contributed by atoms with E-state index >= 15 is 0 Å². The molecule has 0 bridgehead atoms. The predicted octanol–water partition coefficient (Wildman–Crippen LogP) is 2.92. The minimum Gasteiger partial charge on any atom is -0.436 e. The molecule has 5 heteroatoms. The van der Waals surface area contributed by atoms with Gasteiger partial charge in [-0.2, -0.15) is 4.98 Å². The molecular weight excluding hydrogens is 270 g/mol. The van der Waals surface area contributed by atoms with Crippen LogP contribution in [0.4, 0.5) is 5.69 Å². The lowest BCUT2D eigenvalue weighted by molar-refractivity contribution is 0.459. The number of hydrogen-bond acceptors (Lipinski definition) is 4. The Labute approximate surface area is 102 Å². The molecule has 82 valence electrons. The van der Waals surface area contributed by atoms with Gasteiger partial charge < -0.3 is 10.5 Å². The summed E-state index contributed by atoms with van der Waals surface area (Å²) in [5.41, 5.74) is 6.37. The van der Waals surface area contributed by atoms with E-state index in [-0.39, 0.29) is 0 Å². The van der Waals surface area contributed by atoms with Crippen LogP contribution in [0.15, 0.2) is 34.9 Å². The second-order valence-corrected chi connectivity index (χ2v) is 4.06. The zero-order valence-electron chi connectivity index (χ0n) is 8.64. The first-order valence-electron chi connectivity index (χ1n) is 4.68. The van der Waals surface area contributed by atoms with Crippen LogP contribution in [0.5, 0.6) is 11.6 Å². The lowest BCUT2D eigenvalue weighted by Crippen LogP contribution is -1.96. The number of halogens is 1. The molecule has 2 rings (SSSR count). The molecule has 2 aromatic rings. The van der Waals surface area contributed by atoms with Crippen molar-refractivity contribution in [2.45, 2.75) is 6.92 Å². The molecule has 0 saturated heterocycles. The Hall–Kier alpha value is -1.62. The third-order valence-corrected chi connectivity index (χ3v) is 2.58. The van der Waals surface area contributed by atoms with E-state index < -0.39 is 0 Å². The lowest BCUT2D eigenvalue weighted by atomic mass is 10.3. The first-order chi connectivity index (χ1) is 7.66. The van der Waals surface area contributed by atoms with Crippen molar-refractivity contribution in [3.63, 3.8) is 0 Å². The number of aryl methyl sites for hydroxylation is 1. The molecule has 0 radical (unpaired) electrons. The van der Waals surface area contributed by atoms with Crippen LogP contribution in [0.25, 0.3) is 0 Å². The highest BCUT2D eigenvalue weighted by molar-refractivity contribution is 9.10. The molecule has 0 saturated carbocycles. The van der Waals surface area contributed by atoms with Gasteiger partial charge in [-0.05, 0) is 35.0 Å². The number of ether oxygens (including phenoxy) is 1. The van der Waals surface area contributed by atoms with Crippen LogP contribution < -0.4 is 10.5 Å². The summed E-state index contributed by atoms with van der Waals surface area (Å²) in [4.78, 5) is 8.13. The van der Waals surface area contributed by atoms with Gasteiger partial charge in [0.25, 0.3) is 0 Å². The first kappa shape index (κ1) is 10.9. The molecule has 0 aliphatic rings. The summed E-state index contributed by atoms with van der Waals surface area (Å²) in [6.07, 6.45) is 1.64. The summed E-state index contributed by atoms with van der Waals surface area (Å²) in [6.45, 7) is 1.80. The number of benzene rings is 1. The molecule has 0 fully saturated rings. The number of anilines is 1. The maximum Gasteiger partial charge on any atom is 0.222 e. The van der Waals surface area contributed by atoms with Gasteiger partial charge in [-0.1, -0.05) is 6.07 Å². The third-order valence-electron chi connectivity index (χ3n) is 1.95. The van der Waals surface area contributed by atoms with Crippen molar-refractivity contribution in [2.75, 3.05) is 5.73 Å². The molecule has 0 aliphatic heterocycles. The topological polar surface area (TPSA) is 61.0 Å².